The monoisotopic (exact) mass is 345 g/mol. The molecule has 0 aliphatic carbocycles. The average Bonchev–Trinajstić information content (AvgIpc) is 3.25. The minimum Gasteiger partial charge on any atom is -0.383 e. The van der Waals surface area contributed by atoms with E-state index < -0.39 is 0 Å². The zero-order valence-electron chi connectivity index (χ0n) is 14.4. The number of rotatable bonds is 7. The van der Waals surface area contributed by atoms with Crippen LogP contribution in [0.15, 0.2) is 28.9 Å². The Bertz CT molecular complexity index is 691. The van der Waals surface area contributed by atoms with Gasteiger partial charge in [-0.2, -0.15) is 4.98 Å². The number of amides is 1. The largest absolute Gasteiger partial charge is 0.383 e. The molecule has 2 aromatic heterocycles. The van der Waals surface area contributed by atoms with E-state index in [1.807, 2.05) is 25.1 Å². The van der Waals surface area contributed by atoms with Gasteiger partial charge in [-0.05, 0) is 31.9 Å². The average molecular weight is 345 g/mol. The van der Waals surface area contributed by atoms with Crippen molar-refractivity contribution in [2.75, 3.05) is 13.7 Å². The predicted octanol–water partition coefficient (Wildman–Crippen LogP) is 1.32. The fourth-order valence-corrected chi connectivity index (χ4v) is 2.99. The van der Waals surface area contributed by atoms with Gasteiger partial charge < -0.3 is 14.6 Å². The normalized spacial score (nSPS) is 21.2. The van der Waals surface area contributed by atoms with Crippen molar-refractivity contribution in [3.8, 4) is 0 Å². The highest BCUT2D eigenvalue weighted by molar-refractivity contribution is 5.77. The highest BCUT2D eigenvalue weighted by Gasteiger charge is 2.30. The number of hydrogen-bond acceptors (Lipinski definition) is 7. The second-order valence-corrected chi connectivity index (χ2v) is 6.25. The first-order chi connectivity index (χ1) is 12.2. The molecule has 3 heterocycles. The number of carbonyl (C=O) groups excluding carboxylic acids is 1. The first kappa shape index (κ1) is 17.5. The summed E-state index contributed by atoms with van der Waals surface area (Å²) in [6.07, 6.45) is 3.72. The number of carbonyl (C=O) groups is 1. The molecule has 0 aromatic carbocycles. The molecule has 1 aliphatic heterocycles. The second kappa shape index (κ2) is 8.17. The van der Waals surface area contributed by atoms with E-state index in [9.17, 15) is 4.79 Å². The molecule has 3 rings (SSSR count). The summed E-state index contributed by atoms with van der Waals surface area (Å²) < 4.78 is 10.3. The van der Waals surface area contributed by atoms with Crippen molar-refractivity contribution in [3.05, 3.63) is 41.8 Å². The highest BCUT2D eigenvalue weighted by atomic mass is 16.5. The Hall–Kier alpha value is -2.32. The summed E-state index contributed by atoms with van der Waals surface area (Å²) in [4.78, 5) is 20.7. The molecule has 0 saturated carbocycles. The zero-order valence-corrected chi connectivity index (χ0v) is 14.4. The van der Waals surface area contributed by atoms with Gasteiger partial charge in [0.1, 0.15) is 0 Å². The third-order valence-electron chi connectivity index (χ3n) is 4.12. The van der Waals surface area contributed by atoms with E-state index in [1.165, 1.54) is 0 Å². The lowest BCUT2D eigenvalue weighted by Crippen LogP contribution is -2.36. The fraction of sp³-hybridized carbons (Fsp3) is 0.529. The van der Waals surface area contributed by atoms with Gasteiger partial charge in [0, 0.05) is 19.3 Å². The van der Waals surface area contributed by atoms with Crippen LogP contribution in [0.4, 0.5) is 0 Å². The standard InChI is InChI=1S/C17H23N5O3/c1-11(10-24-2)19-16(23)9-15-21-17(25-22-15)14-7-6-13(20-14)12-5-3-4-8-18-12/h3-5,8,11,13-14,20H,6-7,9-10H2,1-2H3,(H,19,23)/t11?,13-,14+/m1/s1. The van der Waals surface area contributed by atoms with Crippen LogP contribution in [-0.4, -0.2) is 40.8 Å². The van der Waals surface area contributed by atoms with Crippen LogP contribution >= 0.6 is 0 Å². The van der Waals surface area contributed by atoms with Gasteiger partial charge in [0.2, 0.25) is 11.8 Å². The molecule has 8 heteroatoms. The number of hydrogen-bond donors (Lipinski definition) is 2. The van der Waals surface area contributed by atoms with Gasteiger partial charge in [0.05, 0.1) is 30.8 Å². The van der Waals surface area contributed by atoms with E-state index in [0.29, 0.717) is 18.3 Å². The molecule has 3 atom stereocenters. The lowest BCUT2D eigenvalue weighted by Gasteiger charge is -2.11. The molecule has 0 bridgehead atoms. The van der Waals surface area contributed by atoms with Gasteiger partial charge in [0.25, 0.3) is 0 Å². The van der Waals surface area contributed by atoms with Crippen LogP contribution in [0.5, 0.6) is 0 Å². The third kappa shape index (κ3) is 4.61. The van der Waals surface area contributed by atoms with E-state index >= 15 is 0 Å². The number of ether oxygens (including phenoxy) is 1. The van der Waals surface area contributed by atoms with Crippen LogP contribution < -0.4 is 10.6 Å². The third-order valence-corrected chi connectivity index (χ3v) is 4.12. The molecule has 2 aromatic rings. The number of aromatic nitrogens is 3. The molecule has 0 spiro atoms. The van der Waals surface area contributed by atoms with Crippen LogP contribution in [0, 0.1) is 0 Å². The zero-order chi connectivity index (χ0) is 17.6. The van der Waals surface area contributed by atoms with Gasteiger partial charge in [-0.1, -0.05) is 11.2 Å². The lowest BCUT2D eigenvalue weighted by molar-refractivity contribution is -0.121. The van der Waals surface area contributed by atoms with Crippen LogP contribution in [-0.2, 0) is 16.0 Å². The Kier molecular flexibility index (Phi) is 5.72. The maximum atomic E-state index is 12.0. The number of nitrogens with zero attached hydrogens (tertiary/aromatic N) is 3. The molecule has 134 valence electrons. The van der Waals surface area contributed by atoms with Crippen LogP contribution in [0.2, 0.25) is 0 Å². The highest BCUT2D eigenvalue weighted by Crippen LogP contribution is 2.32. The minimum absolute atomic E-state index is 0.0104. The summed E-state index contributed by atoms with van der Waals surface area (Å²) in [7, 11) is 1.60. The van der Waals surface area contributed by atoms with E-state index in [1.54, 1.807) is 13.3 Å². The fourth-order valence-electron chi connectivity index (χ4n) is 2.99. The molecule has 1 aliphatic rings. The quantitative estimate of drug-likeness (QED) is 0.780. The molecule has 1 amide bonds. The van der Waals surface area contributed by atoms with Crippen molar-refractivity contribution in [1.82, 2.24) is 25.8 Å². The number of methoxy groups -OCH3 is 1. The smallest absolute Gasteiger partial charge is 0.243 e. The molecule has 1 saturated heterocycles. The Morgan fingerprint density at radius 1 is 1.44 bits per heavy atom. The Morgan fingerprint density at radius 2 is 2.28 bits per heavy atom. The molecule has 1 unspecified atom stereocenters. The summed E-state index contributed by atoms with van der Waals surface area (Å²) in [5.41, 5.74) is 1.01. The van der Waals surface area contributed by atoms with Gasteiger partial charge in [-0.15, -0.1) is 0 Å². The summed E-state index contributed by atoms with van der Waals surface area (Å²) in [6, 6.07) is 6.00. The van der Waals surface area contributed by atoms with Gasteiger partial charge >= 0.3 is 0 Å². The topological polar surface area (TPSA) is 102 Å². The Morgan fingerprint density at radius 3 is 3.04 bits per heavy atom. The van der Waals surface area contributed by atoms with Crippen molar-refractivity contribution < 1.29 is 14.1 Å². The molecule has 1 fully saturated rings. The van der Waals surface area contributed by atoms with E-state index in [-0.39, 0.29) is 30.5 Å². The van der Waals surface area contributed by atoms with Crippen LogP contribution in [0.1, 0.15) is 49.3 Å². The molecule has 8 nitrogen and oxygen atoms in total. The maximum absolute atomic E-state index is 12.0. The second-order valence-electron chi connectivity index (χ2n) is 6.25. The lowest BCUT2D eigenvalue weighted by atomic mass is 10.1. The van der Waals surface area contributed by atoms with E-state index in [2.05, 4.69) is 25.8 Å². The minimum atomic E-state index is -0.150. The van der Waals surface area contributed by atoms with Crippen molar-refractivity contribution in [1.29, 1.82) is 0 Å². The summed E-state index contributed by atoms with van der Waals surface area (Å²) >= 11 is 0. The van der Waals surface area contributed by atoms with Crippen LogP contribution in [0.3, 0.4) is 0 Å². The van der Waals surface area contributed by atoms with E-state index in [4.69, 9.17) is 9.26 Å². The summed E-state index contributed by atoms with van der Waals surface area (Å²) in [5.74, 6) is 0.758. The molecule has 2 N–H and O–H groups in total. The molecule has 0 radical (unpaired) electrons. The number of pyridine rings is 1. The molecular formula is C17H23N5O3. The summed E-state index contributed by atoms with van der Waals surface area (Å²) in [6.45, 7) is 2.34. The Balaban J connectivity index is 1.54. The SMILES string of the molecule is COCC(C)NC(=O)Cc1noc([C@@H]2CC[C@H](c3ccccn3)N2)n1. The molecule has 25 heavy (non-hydrogen) atoms. The van der Waals surface area contributed by atoms with Crippen LogP contribution in [0.25, 0.3) is 0 Å². The number of nitrogens with one attached hydrogen (secondary N) is 2. The molecular weight excluding hydrogens is 322 g/mol. The van der Waals surface area contributed by atoms with Gasteiger partial charge in [0.15, 0.2) is 5.82 Å². The first-order valence-electron chi connectivity index (χ1n) is 8.43. The summed E-state index contributed by atoms with van der Waals surface area (Å²) in [5, 5.41) is 10.2. The van der Waals surface area contributed by atoms with Crippen molar-refractivity contribution in [3.63, 3.8) is 0 Å². The first-order valence-corrected chi connectivity index (χ1v) is 8.43. The Labute approximate surface area is 146 Å². The predicted molar refractivity (Wildman–Crippen MR) is 89.6 cm³/mol. The maximum Gasteiger partial charge on any atom is 0.243 e. The van der Waals surface area contributed by atoms with Gasteiger partial charge in [-0.3, -0.25) is 15.1 Å². The van der Waals surface area contributed by atoms with Crippen molar-refractivity contribution in [2.24, 2.45) is 0 Å². The van der Waals surface area contributed by atoms with E-state index in [0.717, 1.165) is 18.5 Å². The van der Waals surface area contributed by atoms with Gasteiger partial charge in [-0.25, -0.2) is 0 Å². The van der Waals surface area contributed by atoms with Crippen molar-refractivity contribution in [2.45, 2.75) is 44.3 Å². The van der Waals surface area contributed by atoms with Crippen molar-refractivity contribution >= 4 is 5.91 Å².